The van der Waals surface area contributed by atoms with E-state index in [1.54, 1.807) is 6.92 Å². The zero-order valence-corrected chi connectivity index (χ0v) is 13.7. The van der Waals surface area contributed by atoms with Crippen molar-refractivity contribution in [2.45, 2.75) is 71.2 Å². The van der Waals surface area contributed by atoms with Crippen LogP contribution in [-0.4, -0.2) is 55.4 Å². The summed E-state index contributed by atoms with van der Waals surface area (Å²) >= 11 is 0. The van der Waals surface area contributed by atoms with Crippen molar-refractivity contribution in [1.29, 1.82) is 0 Å². The van der Waals surface area contributed by atoms with Crippen LogP contribution in [0.5, 0.6) is 0 Å². The van der Waals surface area contributed by atoms with E-state index in [1.165, 1.54) is 0 Å². The number of piperidine rings is 1. The van der Waals surface area contributed by atoms with Crippen LogP contribution in [0.1, 0.15) is 52.9 Å². The second kappa shape index (κ2) is 10.1. The number of halogens is 1. The van der Waals surface area contributed by atoms with E-state index in [-0.39, 0.29) is 11.9 Å². The molecule has 1 amide bonds. The fourth-order valence-corrected chi connectivity index (χ4v) is 2.58. The molecule has 21 heavy (non-hydrogen) atoms. The van der Waals surface area contributed by atoms with Crippen molar-refractivity contribution < 1.29 is 13.9 Å². The van der Waals surface area contributed by atoms with Gasteiger partial charge < -0.3 is 15.0 Å². The zero-order chi connectivity index (χ0) is 15.7. The SMILES string of the molecule is CCC(=O)NC1CCN(CCCCCOC(C)C)CC1F. The Labute approximate surface area is 128 Å². The average molecular weight is 302 g/mol. The molecule has 0 aromatic carbocycles. The molecule has 1 aliphatic heterocycles. The maximum absolute atomic E-state index is 14.0. The van der Waals surface area contributed by atoms with Crippen LogP contribution in [0.4, 0.5) is 4.39 Å². The lowest BCUT2D eigenvalue weighted by molar-refractivity contribution is -0.122. The average Bonchev–Trinajstić information content (AvgIpc) is 2.45. The maximum atomic E-state index is 14.0. The van der Waals surface area contributed by atoms with Gasteiger partial charge in [0.25, 0.3) is 0 Å². The van der Waals surface area contributed by atoms with E-state index in [0.717, 1.165) is 39.0 Å². The summed E-state index contributed by atoms with van der Waals surface area (Å²) < 4.78 is 19.5. The first-order valence-electron chi connectivity index (χ1n) is 8.30. The molecule has 1 aliphatic rings. The van der Waals surface area contributed by atoms with E-state index < -0.39 is 6.17 Å². The van der Waals surface area contributed by atoms with Crippen LogP contribution in [-0.2, 0) is 9.53 Å². The van der Waals surface area contributed by atoms with Gasteiger partial charge in [-0.25, -0.2) is 4.39 Å². The molecule has 0 spiro atoms. The Morgan fingerprint density at radius 3 is 2.76 bits per heavy atom. The number of carbonyl (C=O) groups excluding carboxylic acids is 1. The Bertz CT molecular complexity index is 300. The first-order valence-corrected chi connectivity index (χ1v) is 8.30. The number of unbranched alkanes of at least 4 members (excludes halogenated alkanes) is 2. The van der Waals surface area contributed by atoms with Gasteiger partial charge in [-0.15, -0.1) is 0 Å². The van der Waals surface area contributed by atoms with Crippen LogP contribution >= 0.6 is 0 Å². The van der Waals surface area contributed by atoms with Crippen molar-refractivity contribution in [2.24, 2.45) is 0 Å². The third kappa shape index (κ3) is 7.77. The van der Waals surface area contributed by atoms with Gasteiger partial charge in [0.2, 0.25) is 5.91 Å². The molecule has 0 aromatic heterocycles. The van der Waals surface area contributed by atoms with E-state index in [0.29, 0.717) is 25.5 Å². The van der Waals surface area contributed by atoms with E-state index in [4.69, 9.17) is 4.74 Å². The summed E-state index contributed by atoms with van der Waals surface area (Å²) in [5, 5.41) is 2.78. The second-order valence-corrected chi connectivity index (χ2v) is 6.11. The van der Waals surface area contributed by atoms with Crippen molar-refractivity contribution in [2.75, 3.05) is 26.2 Å². The van der Waals surface area contributed by atoms with Crippen LogP contribution < -0.4 is 5.32 Å². The zero-order valence-electron chi connectivity index (χ0n) is 13.7. The minimum Gasteiger partial charge on any atom is -0.379 e. The summed E-state index contributed by atoms with van der Waals surface area (Å²) in [5.41, 5.74) is 0. The molecular weight excluding hydrogens is 271 g/mol. The molecule has 0 aliphatic carbocycles. The Morgan fingerprint density at radius 2 is 2.14 bits per heavy atom. The molecule has 0 bridgehead atoms. The monoisotopic (exact) mass is 302 g/mol. The number of amides is 1. The number of carbonyl (C=O) groups is 1. The van der Waals surface area contributed by atoms with Gasteiger partial charge in [-0.05, 0) is 46.1 Å². The quantitative estimate of drug-likeness (QED) is 0.665. The van der Waals surface area contributed by atoms with Gasteiger partial charge in [0, 0.05) is 26.1 Å². The largest absolute Gasteiger partial charge is 0.379 e. The molecule has 4 nitrogen and oxygen atoms in total. The number of nitrogens with one attached hydrogen (secondary N) is 1. The number of hydrogen-bond acceptors (Lipinski definition) is 3. The summed E-state index contributed by atoms with van der Waals surface area (Å²) in [6, 6.07) is -0.298. The highest BCUT2D eigenvalue weighted by molar-refractivity contribution is 5.75. The first kappa shape index (κ1) is 18.4. The Balaban J connectivity index is 2.10. The van der Waals surface area contributed by atoms with Crippen LogP contribution in [0.15, 0.2) is 0 Å². The summed E-state index contributed by atoms with van der Waals surface area (Å²) in [6.07, 6.45) is 3.76. The van der Waals surface area contributed by atoms with Crippen LogP contribution in [0, 0.1) is 0 Å². The van der Waals surface area contributed by atoms with E-state index >= 15 is 0 Å². The lowest BCUT2D eigenvalue weighted by Crippen LogP contribution is -2.52. The second-order valence-electron chi connectivity index (χ2n) is 6.11. The van der Waals surface area contributed by atoms with E-state index in [9.17, 15) is 9.18 Å². The molecule has 1 rings (SSSR count). The minimum atomic E-state index is -0.946. The predicted molar refractivity (Wildman–Crippen MR) is 83.1 cm³/mol. The summed E-state index contributed by atoms with van der Waals surface area (Å²) in [6.45, 7) is 8.95. The third-order valence-electron chi connectivity index (χ3n) is 3.86. The highest BCUT2D eigenvalue weighted by atomic mass is 19.1. The molecule has 124 valence electrons. The molecule has 5 heteroatoms. The van der Waals surface area contributed by atoms with Gasteiger partial charge in [-0.1, -0.05) is 6.92 Å². The molecule has 1 N–H and O–H groups in total. The predicted octanol–water partition coefficient (Wildman–Crippen LogP) is 2.52. The number of nitrogens with zero attached hydrogens (tertiary/aromatic N) is 1. The number of hydrogen-bond donors (Lipinski definition) is 1. The van der Waals surface area contributed by atoms with Gasteiger partial charge in [-0.2, -0.15) is 0 Å². The minimum absolute atomic E-state index is 0.0544. The Morgan fingerprint density at radius 1 is 1.38 bits per heavy atom. The molecule has 0 saturated carbocycles. The normalized spacial score (nSPS) is 23.5. The first-order chi connectivity index (χ1) is 10.0. The molecular formula is C16H31FN2O2. The lowest BCUT2D eigenvalue weighted by atomic mass is 10.0. The standard InChI is InChI=1S/C16H31FN2O2/c1-4-16(20)18-15-8-10-19(12-14(15)17)9-6-5-7-11-21-13(2)3/h13-15H,4-12H2,1-3H3,(H,18,20). The van der Waals surface area contributed by atoms with Crippen LogP contribution in [0.3, 0.4) is 0 Å². The van der Waals surface area contributed by atoms with Crippen molar-refractivity contribution in [1.82, 2.24) is 10.2 Å². The van der Waals surface area contributed by atoms with Gasteiger partial charge in [0.15, 0.2) is 0 Å². The molecule has 1 saturated heterocycles. The smallest absolute Gasteiger partial charge is 0.220 e. The fraction of sp³-hybridized carbons (Fsp3) is 0.938. The molecule has 1 heterocycles. The summed E-state index contributed by atoms with van der Waals surface area (Å²) in [5.74, 6) is -0.0544. The lowest BCUT2D eigenvalue weighted by Gasteiger charge is -2.35. The fourth-order valence-electron chi connectivity index (χ4n) is 2.58. The van der Waals surface area contributed by atoms with Crippen molar-refractivity contribution >= 4 is 5.91 Å². The molecule has 0 aromatic rings. The topological polar surface area (TPSA) is 41.6 Å². The van der Waals surface area contributed by atoms with Gasteiger partial charge in [-0.3, -0.25) is 4.79 Å². The molecule has 1 fully saturated rings. The molecule has 0 radical (unpaired) electrons. The van der Waals surface area contributed by atoms with Gasteiger partial charge in [0.05, 0.1) is 12.1 Å². The van der Waals surface area contributed by atoms with Crippen LogP contribution in [0.25, 0.3) is 0 Å². The summed E-state index contributed by atoms with van der Waals surface area (Å²) in [7, 11) is 0. The Hall–Kier alpha value is -0.680. The Kier molecular flexibility index (Phi) is 8.85. The molecule has 2 unspecified atom stereocenters. The number of rotatable bonds is 9. The number of alkyl halides is 1. The summed E-state index contributed by atoms with van der Waals surface area (Å²) in [4.78, 5) is 13.5. The maximum Gasteiger partial charge on any atom is 0.220 e. The van der Waals surface area contributed by atoms with Crippen molar-refractivity contribution in [3.63, 3.8) is 0 Å². The highest BCUT2D eigenvalue weighted by Gasteiger charge is 2.29. The molecule has 2 atom stereocenters. The van der Waals surface area contributed by atoms with E-state index in [2.05, 4.69) is 10.2 Å². The third-order valence-corrected chi connectivity index (χ3v) is 3.86. The van der Waals surface area contributed by atoms with Gasteiger partial charge >= 0.3 is 0 Å². The van der Waals surface area contributed by atoms with Crippen molar-refractivity contribution in [3.05, 3.63) is 0 Å². The van der Waals surface area contributed by atoms with Crippen molar-refractivity contribution in [3.8, 4) is 0 Å². The number of likely N-dealkylation sites (tertiary alicyclic amines) is 1. The van der Waals surface area contributed by atoms with Crippen LogP contribution in [0.2, 0.25) is 0 Å². The highest BCUT2D eigenvalue weighted by Crippen LogP contribution is 2.15. The number of ether oxygens (including phenoxy) is 1. The van der Waals surface area contributed by atoms with E-state index in [1.807, 2.05) is 13.8 Å². The van der Waals surface area contributed by atoms with Gasteiger partial charge in [0.1, 0.15) is 6.17 Å².